The van der Waals surface area contributed by atoms with Crippen LogP contribution in [0.15, 0.2) is 206 Å². The molecule has 258 valence electrons. The fraction of sp³-hybridized carbons (Fsp3) is 0. The Morgan fingerprint density at radius 1 is 0.364 bits per heavy atom. The molecule has 0 N–H and O–H groups in total. The molecule has 9 aromatic carbocycles. The molecule has 2 heterocycles. The van der Waals surface area contributed by atoms with Crippen LogP contribution in [0.1, 0.15) is 0 Å². The van der Waals surface area contributed by atoms with Crippen LogP contribution >= 0.6 is 11.3 Å². The van der Waals surface area contributed by atoms with E-state index in [2.05, 4.69) is 216 Å². The van der Waals surface area contributed by atoms with Gasteiger partial charge in [0.2, 0.25) is 0 Å². The molecule has 11 rings (SSSR count). The minimum Gasteiger partial charge on any atom is -0.311 e. The van der Waals surface area contributed by atoms with E-state index in [0.717, 1.165) is 22.7 Å². The SMILES string of the molecule is c1ccc(-c2ccc(N(c3ccc(-c4cccc5c4sc4ccccc45)cc3)c3ccc(-n4c5ccccc5c5c6ccccc6ccc54)cc3)cc2)cc1. The molecule has 0 saturated carbocycles. The summed E-state index contributed by atoms with van der Waals surface area (Å²) in [5, 5.41) is 7.74. The molecule has 11 aromatic rings. The average molecular weight is 719 g/mol. The van der Waals surface area contributed by atoms with E-state index in [-0.39, 0.29) is 0 Å². The minimum absolute atomic E-state index is 1.10. The molecule has 0 bridgehead atoms. The van der Waals surface area contributed by atoms with Crippen LogP contribution in [-0.4, -0.2) is 4.57 Å². The molecule has 0 fully saturated rings. The quantitative estimate of drug-likeness (QED) is 0.166. The molecule has 0 atom stereocenters. The first-order valence-electron chi connectivity index (χ1n) is 18.8. The predicted molar refractivity (Wildman–Crippen MR) is 237 cm³/mol. The third-order valence-corrected chi connectivity index (χ3v) is 12.2. The van der Waals surface area contributed by atoms with E-state index in [1.165, 1.54) is 75.0 Å². The number of nitrogens with zero attached hydrogens (tertiary/aromatic N) is 2. The van der Waals surface area contributed by atoms with E-state index >= 15 is 0 Å². The molecule has 2 aromatic heterocycles. The highest BCUT2D eigenvalue weighted by molar-refractivity contribution is 7.26. The number of fused-ring (bicyclic) bond motifs is 8. The standard InChI is InChI=1S/C52H34N2S/c1-2-11-35(12-3-1)36-21-26-39(27-22-36)53(40-28-23-38(24-29-40)44-17-10-18-46-45-15-7-9-20-50(45)55-52(44)46)41-30-32-42(33-31-41)54-48-19-8-6-16-47(48)51-43-14-5-4-13-37(43)25-34-49(51)54/h1-34H. The molecule has 0 unspecified atom stereocenters. The second-order valence-electron chi connectivity index (χ2n) is 14.1. The first kappa shape index (κ1) is 31.6. The molecule has 0 spiro atoms. The zero-order chi connectivity index (χ0) is 36.3. The highest BCUT2D eigenvalue weighted by atomic mass is 32.1. The van der Waals surface area contributed by atoms with Crippen LogP contribution in [0.2, 0.25) is 0 Å². The maximum atomic E-state index is 2.41. The number of thiophene rings is 1. The summed E-state index contributed by atoms with van der Waals surface area (Å²) >= 11 is 1.88. The lowest BCUT2D eigenvalue weighted by Gasteiger charge is -2.26. The largest absolute Gasteiger partial charge is 0.311 e. The molecular formula is C52H34N2S. The fourth-order valence-electron chi connectivity index (χ4n) is 8.41. The summed E-state index contributed by atoms with van der Waals surface area (Å²) < 4.78 is 5.06. The van der Waals surface area contributed by atoms with E-state index in [0.29, 0.717) is 0 Å². The molecular weight excluding hydrogens is 685 g/mol. The minimum atomic E-state index is 1.10. The Labute approximate surface area is 323 Å². The smallest absolute Gasteiger partial charge is 0.0547 e. The maximum absolute atomic E-state index is 2.41. The first-order valence-corrected chi connectivity index (χ1v) is 19.6. The Bertz CT molecular complexity index is 3170. The Kier molecular flexibility index (Phi) is 7.39. The van der Waals surface area contributed by atoms with Gasteiger partial charge in [-0.15, -0.1) is 11.3 Å². The van der Waals surface area contributed by atoms with Crippen molar-refractivity contribution in [2.75, 3.05) is 4.90 Å². The van der Waals surface area contributed by atoms with E-state index < -0.39 is 0 Å². The Balaban J connectivity index is 1.02. The lowest BCUT2D eigenvalue weighted by molar-refractivity contribution is 1.17. The second-order valence-corrected chi connectivity index (χ2v) is 15.2. The van der Waals surface area contributed by atoms with Gasteiger partial charge >= 0.3 is 0 Å². The highest BCUT2D eigenvalue weighted by Gasteiger charge is 2.18. The summed E-state index contributed by atoms with van der Waals surface area (Å²) in [4.78, 5) is 2.36. The topological polar surface area (TPSA) is 8.17 Å². The van der Waals surface area contributed by atoms with Crippen LogP contribution in [0, 0.1) is 0 Å². The van der Waals surface area contributed by atoms with Crippen molar-refractivity contribution in [3.8, 4) is 27.9 Å². The number of aromatic nitrogens is 1. The third kappa shape index (κ3) is 5.24. The molecule has 0 aliphatic carbocycles. The van der Waals surface area contributed by atoms with Gasteiger partial charge in [0.15, 0.2) is 0 Å². The average Bonchev–Trinajstić information content (AvgIpc) is 3.81. The van der Waals surface area contributed by atoms with Crippen molar-refractivity contribution in [2.24, 2.45) is 0 Å². The number of hydrogen-bond acceptors (Lipinski definition) is 2. The fourth-order valence-corrected chi connectivity index (χ4v) is 9.65. The Morgan fingerprint density at radius 2 is 0.945 bits per heavy atom. The van der Waals surface area contributed by atoms with Gasteiger partial charge in [0, 0.05) is 53.7 Å². The zero-order valence-electron chi connectivity index (χ0n) is 29.9. The van der Waals surface area contributed by atoms with Gasteiger partial charge < -0.3 is 9.47 Å². The molecule has 0 saturated heterocycles. The Hall–Kier alpha value is -6.94. The van der Waals surface area contributed by atoms with E-state index in [1.54, 1.807) is 0 Å². The summed E-state index contributed by atoms with van der Waals surface area (Å²) in [5.41, 5.74) is 11.8. The van der Waals surface area contributed by atoms with Crippen molar-refractivity contribution in [2.45, 2.75) is 0 Å². The lowest BCUT2D eigenvalue weighted by atomic mass is 10.0. The van der Waals surface area contributed by atoms with E-state index in [4.69, 9.17) is 0 Å². The molecule has 2 nitrogen and oxygen atoms in total. The number of benzene rings is 9. The Morgan fingerprint density at radius 3 is 1.71 bits per heavy atom. The monoisotopic (exact) mass is 718 g/mol. The van der Waals surface area contributed by atoms with Crippen LogP contribution in [0.25, 0.3) is 80.7 Å². The summed E-state index contributed by atoms with van der Waals surface area (Å²) in [6.07, 6.45) is 0. The molecule has 0 aliphatic heterocycles. The van der Waals surface area contributed by atoms with Gasteiger partial charge in [-0.05, 0) is 99.8 Å². The number of rotatable bonds is 6. The van der Waals surface area contributed by atoms with Crippen LogP contribution in [0.3, 0.4) is 0 Å². The maximum Gasteiger partial charge on any atom is 0.0547 e. The van der Waals surface area contributed by atoms with Crippen LogP contribution in [0.5, 0.6) is 0 Å². The van der Waals surface area contributed by atoms with Crippen LogP contribution in [-0.2, 0) is 0 Å². The van der Waals surface area contributed by atoms with Gasteiger partial charge in [-0.25, -0.2) is 0 Å². The lowest BCUT2D eigenvalue weighted by Crippen LogP contribution is -2.10. The second kappa shape index (κ2) is 12.9. The van der Waals surface area contributed by atoms with E-state index in [9.17, 15) is 0 Å². The van der Waals surface area contributed by atoms with Crippen LogP contribution in [0.4, 0.5) is 17.1 Å². The van der Waals surface area contributed by atoms with Gasteiger partial charge in [-0.3, -0.25) is 0 Å². The van der Waals surface area contributed by atoms with Crippen molar-refractivity contribution in [1.29, 1.82) is 0 Å². The molecule has 3 heteroatoms. The molecule has 0 aliphatic rings. The van der Waals surface area contributed by atoms with Crippen LogP contribution < -0.4 is 4.90 Å². The van der Waals surface area contributed by atoms with E-state index in [1.807, 2.05) is 11.3 Å². The van der Waals surface area contributed by atoms with Gasteiger partial charge in [-0.1, -0.05) is 140 Å². The van der Waals surface area contributed by atoms with Crippen molar-refractivity contribution in [3.63, 3.8) is 0 Å². The van der Waals surface area contributed by atoms with Gasteiger partial charge in [0.05, 0.1) is 11.0 Å². The van der Waals surface area contributed by atoms with Gasteiger partial charge in [0.1, 0.15) is 0 Å². The third-order valence-electron chi connectivity index (χ3n) is 11.0. The number of hydrogen-bond donors (Lipinski definition) is 0. The van der Waals surface area contributed by atoms with Crippen molar-refractivity contribution >= 4 is 81.1 Å². The summed E-state index contributed by atoms with van der Waals surface area (Å²) in [6.45, 7) is 0. The van der Waals surface area contributed by atoms with Crippen molar-refractivity contribution < 1.29 is 0 Å². The highest BCUT2D eigenvalue weighted by Crippen LogP contribution is 2.42. The van der Waals surface area contributed by atoms with Gasteiger partial charge in [-0.2, -0.15) is 0 Å². The number of para-hydroxylation sites is 1. The molecule has 0 amide bonds. The molecule has 0 radical (unpaired) electrons. The summed E-state index contributed by atoms with van der Waals surface area (Å²) in [5.74, 6) is 0. The summed E-state index contributed by atoms with van der Waals surface area (Å²) in [6, 6.07) is 75.0. The van der Waals surface area contributed by atoms with Crippen molar-refractivity contribution in [1.82, 2.24) is 4.57 Å². The normalized spacial score (nSPS) is 11.6. The first-order chi connectivity index (χ1) is 27.3. The van der Waals surface area contributed by atoms with Crippen molar-refractivity contribution in [3.05, 3.63) is 206 Å². The zero-order valence-corrected chi connectivity index (χ0v) is 30.7. The number of anilines is 3. The summed E-state index contributed by atoms with van der Waals surface area (Å²) in [7, 11) is 0. The van der Waals surface area contributed by atoms with Gasteiger partial charge in [0.25, 0.3) is 0 Å². The predicted octanol–water partition coefficient (Wildman–Crippen LogP) is 15.1. The molecule has 55 heavy (non-hydrogen) atoms.